The number of nitrogens with zero attached hydrogens (tertiary/aromatic N) is 1. The van der Waals surface area contributed by atoms with Crippen LogP contribution in [0.25, 0.3) is 0 Å². The first kappa shape index (κ1) is 13.2. The Bertz CT molecular complexity index is 246. The van der Waals surface area contributed by atoms with Crippen molar-refractivity contribution < 1.29 is 9.59 Å². The molecule has 0 aromatic heterocycles. The summed E-state index contributed by atoms with van der Waals surface area (Å²) in [5.41, 5.74) is 5.33. The summed E-state index contributed by atoms with van der Waals surface area (Å²) in [6.45, 7) is 4.33. The summed E-state index contributed by atoms with van der Waals surface area (Å²) >= 11 is 0. The van der Waals surface area contributed by atoms with Gasteiger partial charge in [-0.25, -0.2) is 0 Å². The largest absolute Gasteiger partial charge is 0.328 e. The molecule has 1 aliphatic rings. The van der Waals surface area contributed by atoms with Gasteiger partial charge in [0.25, 0.3) is 0 Å². The molecule has 0 unspecified atom stereocenters. The number of carbonyl (C=O) groups is 2. The van der Waals surface area contributed by atoms with Crippen molar-refractivity contribution >= 4 is 11.8 Å². The molecule has 4 nitrogen and oxygen atoms in total. The summed E-state index contributed by atoms with van der Waals surface area (Å²) in [6, 6.07) is 0. The zero-order valence-electron chi connectivity index (χ0n) is 10.3. The van der Waals surface area contributed by atoms with Gasteiger partial charge in [0, 0.05) is 19.4 Å². The van der Waals surface area contributed by atoms with Crippen molar-refractivity contribution in [1.82, 2.24) is 4.90 Å². The second-order valence-corrected chi connectivity index (χ2v) is 4.47. The summed E-state index contributed by atoms with van der Waals surface area (Å²) in [6.07, 6.45) is 4.06. The third-order valence-corrected chi connectivity index (χ3v) is 3.70. The van der Waals surface area contributed by atoms with E-state index in [0.29, 0.717) is 19.4 Å². The summed E-state index contributed by atoms with van der Waals surface area (Å²) in [4.78, 5) is 25.5. The maximum Gasteiger partial charge on any atom is 0.229 e. The first-order chi connectivity index (χ1) is 7.61. The SMILES string of the molecule is CCC(CC)(CN)N1C(=O)CCCCC1=O. The predicted molar refractivity (Wildman–Crippen MR) is 62.7 cm³/mol. The smallest absolute Gasteiger partial charge is 0.229 e. The van der Waals surface area contributed by atoms with Crippen LogP contribution >= 0.6 is 0 Å². The van der Waals surface area contributed by atoms with Gasteiger partial charge in [-0.15, -0.1) is 0 Å². The van der Waals surface area contributed by atoms with Gasteiger partial charge in [0.1, 0.15) is 0 Å². The van der Waals surface area contributed by atoms with Crippen molar-refractivity contribution in [3.8, 4) is 0 Å². The maximum absolute atomic E-state index is 12.0. The van der Waals surface area contributed by atoms with Gasteiger partial charge in [0.2, 0.25) is 11.8 Å². The van der Waals surface area contributed by atoms with Gasteiger partial charge in [-0.2, -0.15) is 0 Å². The lowest BCUT2D eigenvalue weighted by Gasteiger charge is -2.40. The molecule has 0 spiro atoms. The normalized spacial score (nSPS) is 18.8. The quantitative estimate of drug-likeness (QED) is 0.738. The van der Waals surface area contributed by atoms with Crippen molar-refractivity contribution in [3.05, 3.63) is 0 Å². The molecule has 2 amide bonds. The molecule has 1 rings (SSSR count). The molecule has 0 bridgehead atoms. The molecular weight excluding hydrogens is 204 g/mol. The van der Waals surface area contributed by atoms with Crippen LogP contribution in [0, 0.1) is 0 Å². The second kappa shape index (κ2) is 5.43. The molecule has 2 N–H and O–H groups in total. The number of imide groups is 1. The predicted octanol–water partition coefficient (Wildman–Crippen LogP) is 1.43. The van der Waals surface area contributed by atoms with E-state index in [-0.39, 0.29) is 11.8 Å². The fourth-order valence-corrected chi connectivity index (χ4v) is 2.39. The molecule has 16 heavy (non-hydrogen) atoms. The molecule has 0 saturated carbocycles. The van der Waals surface area contributed by atoms with E-state index in [2.05, 4.69) is 0 Å². The summed E-state index contributed by atoms with van der Waals surface area (Å²) in [5, 5.41) is 0. The molecule has 1 saturated heterocycles. The lowest BCUT2D eigenvalue weighted by Crippen LogP contribution is -2.57. The topological polar surface area (TPSA) is 63.4 Å². The Hall–Kier alpha value is -0.900. The molecule has 0 aromatic rings. The van der Waals surface area contributed by atoms with Gasteiger partial charge in [-0.3, -0.25) is 14.5 Å². The molecule has 1 heterocycles. The van der Waals surface area contributed by atoms with Crippen molar-refractivity contribution in [2.24, 2.45) is 5.73 Å². The molecule has 92 valence electrons. The molecule has 4 heteroatoms. The minimum absolute atomic E-state index is 0.0448. The molecule has 0 atom stereocenters. The van der Waals surface area contributed by atoms with Crippen LogP contribution in [0.2, 0.25) is 0 Å². The van der Waals surface area contributed by atoms with Crippen molar-refractivity contribution in [1.29, 1.82) is 0 Å². The number of carbonyl (C=O) groups excluding carboxylic acids is 2. The molecular formula is C12H22N2O2. The number of rotatable bonds is 4. The Balaban J connectivity index is 3.03. The lowest BCUT2D eigenvalue weighted by molar-refractivity contribution is -0.151. The van der Waals surface area contributed by atoms with E-state index in [1.54, 1.807) is 0 Å². The van der Waals surface area contributed by atoms with E-state index >= 15 is 0 Å². The van der Waals surface area contributed by atoms with Gasteiger partial charge in [-0.1, -0.05) is 13.8 Å². The maximum atomic E-state index is 12.0. The van der Waals surface area contributed by atoms with E-state index in [1.165, 1.54) is 4.90 Å². The van der Waals surface area contributed by atoms with Crippen LogP contribution in [0.1, 0.15) is 52.4 Å². The van der Waals surface area contributed by atoms with Crippen molar-refractivity contribution in [2.75, 3.05) is 6.54 Å². The van der Waals surface area contributed by atoms with E-state index in [1.807, 2.05) is 13.8 Å². The minimum Gasteiger partial charge on any atom is -0.328 e. The van der Waals surface area contributed by atoms with Crippen LogP contribution in [0.15, 0.2) is 0 Å². The molecule has 0 radical (unpaired) electrons. The fraction of sp³-hybridized carbons (Fsp3) is 0.833. The Morgan fingerprint density at radius 2 is 1.56 bits per heavy atom. The fourth-order valence-electron chi connectivity index (χ4n) is 2.39. The van der Waals surface area contributed by atoms with E-state index in [9.17, 15) is 9.59 Å². The monoisotopic (exact) mass is 226 g/mol. The van der Waals surface area contributed by atoms with Crippen LogP contribution in [0.5, 0.6) is 0 Å². The molecule has 0 aromatic carbocycles. The number of nitrogens with two attached hydrogens (primary N) is 1. The highest BCUT2D eigenvalue weighted by molar-refractivity contribution is 5.97. The highest BCUT2D eigenvalue weighted by Gasteiger charge is 2.40. The van der Waals surface area contributed by atoms with E-state index in [0.717, 1.165) is 25.7 Å². The zero-order chi connectivity index (χ0) is 12.2. The van der Waals surface area contributed by atoms with Crippen LogP contribution in [-0.2, 0) is 9.59 Å². The van der Waals surface area contributed by atoms with E-state index < -0.39 is 5.54 Å². The molecule has 1 aliphatic heterocycles. The first-order valence-corrected chi connectivity index (χ1v) is 6.17. The van der Waals surface area contributed by atoms with Gasteiger partial charge >= 0.3 is 0 Å². The van der Waals surface area contributed by atoms with Crippen LogP contribution in [0.4, 0.5) is 0 Å². The van der Waals surface area contributed by atoms with E-state index in [4.69, 9.17) is 5.73 Å². The summed E-state index contributed by atoms with van der Waals surface area (Å²) in [5.74, 6) is -0.0895. The number of amides is 2. The lowest BCUT2D eigenvalue weighted by atomic mass is 9.90. The average Bonchev–Trinajstić information content (AvgIpc) is 2.46. The Labute approximate surface area is 97.2 Å². The van der Waals surface area contributed by atoms with Crippen molar-refractivity contribution in [2.45, 2.75) is 57.9 Å². The minimum atomic E-state index is -0.460. The summed E-state index contributed by atoms with van der Waals surface area (Å²) < 4.78 is 0. The average molecular weight is 226 g/mol. The second-order valence-electron chi connectivity index (χ2n) is 4.47. The Morgan fingerprint density at radius 3 is 1.88 bits per heavy atom. The highest BCUT2D eigenvalue weighted by atomic mass is 16.2. The zero-order valence-corrected chi connectivity index (χ0v) is 10.3. The number of hydrogen-bond acceptors (Lipinski definition) is 3. The Morgan fingerprint density at radius 1 is 1.12 bits per heavy atom. The third kappa shape index (κ3) is 2.26. The summed E-state index contributed by atoms with van der Waals surface area (Å²) in [7, 11) is 0. The number of hydrogen-bond donors (Lipinski definition) is 1. The van der Waals surface area contributed by atoms with Gasteiger partial charge in [-0.05, 0) is 25.7 Å². The standard InChI is InChI=1S/C12H22N2O2/c1-3-12(4-2,9-13)14-10(15)7-5-6-8-11(14)16/h3-9,13H2,1-2H3. The first-order valence-electron chi connectivity index (χ1n) is 6.17. The van der Waals surface area contributed by atoms with Crippen LogP contribution < -0.4 is 5.73 Å². The molecule has 1 fully saturated rings. The Kier molecular flexibility index (Phi) is 4.47. The van der Waals surface area contributed by atoms with Gasteiger partial charge in [0.05, 0.1) is 5.54 Å². The van der Waals surface area contributed by atoms with Gasteiger partial charge < -0.3 is 5.73 Å². The van der Waals surface area contributed by atoms with Crippen LogP contribution in [-0.4, -0.2) is 28.8 Å². The molecule has 0 aliphatic carbocycles. The van der Waals surface area contributed by atoms with Crippen molar-refractivity contribution in [3.63, 3.8) is 0 Å². The highest BCUT2D eigenvalue weighted by Crippen LogP contribution is 2.27. The number of likely N-dealkylation sites (tertiary alicyclic amines) is 1. The van der Waals surface area contributed by atoms with Gasteiger partial charge in [0.15, 0.2) is 0 Å². The van der Waals surface area contributed by atoms with Crippen LogP contribution in [0.3, 0.4) is 0 Å². The third-order valence-electron chi connectivity index (χ3n) is 3.70.